The molecule has 1 saturated heterocycles. The van der Waals surface area contributed by atoms with Crippen LogP contribution in [0.15, 0.2) is 66.9 Å². The molecule has 2 aromatic carbocycles. The van der Waals surface area contributed by atoms with E-state index < -0.39 is 0 Å². The maximum absolute atomic E-state index is 13.3. The minimum absolute atomic E-state index is 0.112. The van der Waals surface area contributed by atoms with Gasteiger partial charge in [-0.3, -0.25) is 14.6 Å². The number of benzene rings is 2. The van der Waals surface area contributed by atoms with Crippen LogP contribution in [-0.2, 0) is 0 Å². The summed E-state index contributed by atoms with van der Waals surface area (Å²) in [5, 5.41) is 9.05. The Balaban J connectivity index is 1.18. The Morgan fingerprint density at radius 3 is 2.53 bits per heavy atom. The summed E-state index contributed by atoms with van der Waals surface area (Å²) < 4.78 is 11.6. The number of amides is 1. The summed E-state index contributed by atoms with van der Waals surface area (Å²) in [5.41, 5.74) is 2.18. The zero-order chi connectivity index (χ0) is 24.7. The van der Waals surface area contributed by atoms with Crippen molar-refractivity contribution in [2.75, 3.05) is 62.3 Å². The van der Waals surface area contributed by atoms with Gasteiger partial charge in [0, 0.05) is 44.5 Å². The van der Waals surface area contributed by atoms with Gasteiger partial charge >= 0.3 is 0 Å². The molecular formula is C28H29N5O3. The zero-order valence-corrected chi connectivity index (χ0v) is 20.2. The molecule has 1 fully saturated rings. The van der Waals surface area contributed by atoms with Gasteiger partial charge in [0.05, 0.1) is 17.3 Å². The molecule has 5 rings (SSSR count). The lowest BCUT2D eigenvalue weighted by atomic mass is 10.1. The summed E-state index contributed by atoms with van der Waals surface area (Å²) in [6.07, 6.45) is 2.53. The first-order chi connectivity index (χ1) is 17.7. The number of carbonyl (C=O) groups is 1. The number of nitrogens with zero attached hydrogens (tertiary/aromatic N) is 5. The van der Waals surface area contributed by atoms with E-state index in [4.69, 9.17) is 14.7 Å². The van der Waals surface area contributed by atoms with Crippen LogP contribution in [0, 0.1) is 11.3 Å². The number of nitriles is 1. The molecule has 0 aliphatic carbocycles. The number of anilines is 2. The quantitative estimate of drug-likeness (QED) is 0.508. The number of piperazine rings is 1. The van der Waals surface area contributed by atoms with E-state index >= 15 is 0 Å². The molecule has 0 unspecified atom stereocenters. The smallest absolute Gasteiger partial charge is 0.259 e. The highest BCUT2D eigenvalue weighted by Crippen LogP contribution is 2.39. The average Bonchev–Trinajstić information content (AvgIpc) is 2.95. The molecule has 3 aromatic rings. The van der Waals surface area contributed by atoms with E-state index in [1.165, 1.54) is 0 Å². The predicted molar refractivity (Wildman–Crippen MR) is 138 cm³/mol. The molecule has 184 valence electrons. The molecule has 0 radical (unpaired) electrons. The van der Waals surface area contributed by atoms with E-state index in [9.17, 15) is 4.79 Å². The standard InChI is InChI=1S/C28H29N5O3/c29-21-22-8-10-23(11-9-22)28(34)33(26-7-1-2-12-30-26)14-4-13-31-15-17-32(18-16-31)24-5-3-6-25-27(24)36-20-19-35-25/h1-3,5-12H,4,13-20H2. The van der Waals surface area contributed by atoms with Crippen molar-refractivity contribution >= 4 is 17.4 Å². The highest BCUT2D eigenvalue weighted by atomic mass is 16.6. The number of hydrogen-bond donors (Lipinski definition) is 0. The van der Waals surface area contributed by atoms with E-state index in [-0.39, 0.29) is 5.91 Å². The number of ether oxygens (including phenoxy) is 2. The topological polar surface area (TPSA) is 81.9 Å². The molecule has 0 N–H and O–H groups in total. The lowest BCUT2D eigenvalue weighted by molar-refractivity contribution is 0.0984. The van der Waals surface area contributed by atoms with Crippen LogP contribution in [0.3, 0.4) is 0 Å². The van der Waals surface area contributed by atoms with Crippen LogP contribution in [0.1, 0.15) is 22.3 Å². The molecule has 1 amide bonds. The maximum Gasteiger partial charge on any atom is 0.259 e. The summed E-state index contributed by atoms with van der Waals surface area (Å²) >= 11 is 0. The normalized spacial score (nSPS) is 15.2. The molecule has 0 atom stereocenters. The lowest BCUT2D eigenvalue weighted by Gasteiger charge is -2.37. The second-order valence-electron chi connectivity index (χ2n) is 8.82. The van der Waals surface area contributed by atoms with Gasteiger partial charge in [-0.25, -0.2) is 4.98 Å². The molecule has 8 heteroatoms. The number of rotatable bonds is 7. The molecule has 0 saturated carbocycles. The molecule has 1 aromatic heterocycles. The van der Waals surface area contributed by atoms with Gasteiger partial charge in [-0.1, -0.05) is 12.1 Å². The zero-order valence-electron chi connectivity index (χ0n) is 20.2. The molecular weight excluding hydrogens is 454 g/mol. The SMILES string of the molecule is N#Cc1ccc(C(=O)N(CCCN2CCN(c3cccc4c3OCCO4)CC2)c2ccccn2)cc1. The van der Waals surface area contributed by atoms with E-state index in [2.05, 4.69) is 26.9 Å². The maximum atomic E-state index is 13.3. The van der Waals surface area contributed by atoms with Crippen LogP contribution >= 0.6 is 0 Å². The summed E-state index contributed by atoms with van der Waals surface area (Å²) in [6.45, 7) is 6.33. The summed E-state index contributed by atoms with van der Waals surface area (Å²) in [7, 11) is 0. The van der Waals surface area contributed by atoms with E-state index in [0.29, 0.717) is 36.7 Å². The van der Waals surface area contributed by atoms with Gasteiger partial charge in [0.1, 0.15) is 19.0 Å². The van der Waals surface area contributed by atoms with Crippen molar-refractivity contribution in [3.8, 4) is 17.6 Å². The van der Waals surface area contributed by atoms with Crippen LogP contribution in [0.5, 0.6) is 11.5 Å². The minimum atomic E-state index is -0.112. The van der Waals surface area contributed by atoms with Crippen molar-refractivity contribution < 1.29 is 14.3 Å². The first-order valence-corrected chi connectivity index (χ1v) is 12.3. The summed E-state index contributed by atoms with van der Waals surface area (Å²) in [6, 6.07) is 20.5. The average molecular weight is 484 g/mol. The van der Waals surface area contributed by atoms with Crippen molar-refractivity contribution in [3.63, 3.8) is 0 Å². The van der Waals surface area contributed by atoms with E-state index in [1.54, 1.807) is 35.4 Å². The third-order valence-electron chi connectivity index (χ3n) is 6.55. The van der Waals surface area contributed by atoms with Gasteiger partial charge < -0.3 is 14.4 Å². The number of hydrogen-bond acceptors (Lipinski definition) is 7. The Hall–Kier alpha value is -4.09. The molecule has 8 nitrogen and oxygen atoms in total. The third-order valence-corrected chi connectivity index (χ3v) is 6.55. The fourth-order valence-corrected chi connectivity index (χ4v) is 4.65. The Labute approximate surface area is 211 Å². The fraction of sp³-hybridized carbons (Fsp3) is 0.321. The Morgan fingerprint density at radius 2 is 1.78 bits per heavy atom. The monoisotopic (exact) mass is 483 g/mol. The minimum Gasteiger partial charge on any atom is -0.486 e. The van der Waals surface area contributed by atoms with Gasteiger partial charge in [-0.2, -0.15) is 5.26 Å². The first kappa shape index (κ1) is 23.6. The number of carbonyl (C=O) groups excluding carboxylic acids is 1. The Kier molecular flexibility index (Phi) is 7.29. The Bertz CT molecular complexity index is 1220. The van der Waals surface area contributed by atoms with Gasteiger partial charge in [0.2, 0.25) is 0 Å². The van der Waals surface area contributed by atoms with Crippen molar-refractivity contribution in [1.29, 1.82) is 5.26 Å². The number of pyridine rings is 1. The highest BCUT2D eigenvalue weighted by Gasteiger charge is 2.24. The van der Waals surface area contributed by atoms with Crippen LogP contribution in [0.2, 0.25) is 0 Å². The van der Waals surface area contributed by atoms with Gasteiger partial charge in [-0.15, -0.1) is 0 Å². The van der Waals surface area contributed by atoms with Gasteiger partial charge in [0.15, 0.2) is 11.5 Å². The molecule has 2 aliphatic rings. The van der Waals surface area contributed by atoms with Crippen molar-refractivity contribution in [2.45, 2.75) is 6.42 Å². The molecule has 3 heterocycles. The highest BCUT2D eigenvalue weighted by molar-refractivity contribution is 6.05. The second kappa shape index (κ2) is 11.1. The van der Waals surface area contributed by atoms with Crippen LogP contribution in [-0.4, -0.2) is 68.3 Å². The molecule has 0 spiro atoms. The van der Waals surface area contributed by atoms with Crippen LogP contribution < -0.4 is 19.3 Å². The largest absolute Gasteiger partial charge is 0.486 e. The number of aromatic nitrogens is 1. The van der Waals surface area contributed by atoms with E-state index in [1.807, 2.05) is 30.3 Å². The summed E-state index contributed by atoms with van der Waals surface area (Å²) in [4.78, 5) is 24.2. The predicted octanol–water partition coefficient (Wildman–Crippen LogP) is 3.58. The Morgan fingerprint density at radius 1 is 0.972 bits per heavy atom. The van der Waals surface area contributed by atoms with E-state index in [0.717, 1.165) is 56.3 Å². The van der Waals surface area contributed by atoms with Crippen LogP contribution in [0.4, 0.5) is 11.5 Å². The first-order valence-electron chi connectivity index (χ1n) is 12.3. The lowest BCUT2D eigenvalue weighted by Crippen LogP contribution is -2.47. The van der Waals surface area contributed by atoms with Crippen molar-refractivity contribution in [1.82, 2.24) is 9.88 Å². The molecule has 0 bridgehead atoms. The van der Waals surface area contributed by atoms with Crippen molar-refractivity contribution in [2.24, 2.45) is 0 Å². The fourth-order valence-electron chi connectivity index (χ4n) is 4.65. The van der Waals surface area contributed by atoms with Gasteiger partial charge in [-0.05, 0) is 61.5 Å². The number of para-hydroxylation sites is 1. The molecule has 36 heavy (non-hydrogen) atoms. The van der Waals surface area contributed by atoms with Crippen LogP contribution in [0.25, 0.3) is 0 Å². The summed E-state index contributed by atoms with van der Waals surface area (Å²) in [5.74, 6) is 2.19. The van der Waals surface area contributed by atoms with Gasteiger partial charge in [0.25, 0.3) is 5.91 Å². The van der Waals surface area contributed by atoms with Crippen molar-refractivity contribution in [3.05, 3.63) is 78.0 Å². The molecule has 2 aliphatic heterocycles. The third kappa shape index (κ3) is 5.26. The number of fused-ring (bicyclic) bond motifs is 1. The second-order valence-corrected chi connectivity index (χ2v) is 8.82.